The van der Waals surface area contributed by atoms with E-state index >= 15 is 0 Å². The van der Waals surface area contributed by atoms with Crippen LogP contribution in [0.1, 0.15) is 32.6 Å². The summed E-state index contributed by atoms with van der Waals surface area (Å²) in [5.41, 5.74) is 0. The summed E-state index contributed by atoms with van der Waals surface area (Å²) in [5.74, 6) is -1.67. The fraction of sp³-hybridized carbons (Fsp3) is 0.800. The van der Waals surface area contributed by atoms with Crippen LogP contribution >= 0.6 is 0 Å². The third-order valence-corrected chi connectivity index (χ3v) is 2.61. The van der Waals surface area contributed by atoms with E-state index < -0.39 is 23.8 Å². The highest BCUT2D eigenvalue weighted by Gasteiger charge is 2.42. The summed E-state index contributed by atoms with van der Waals surface area (Å²) in [7, 11) is 0. The van der Waals surface area contributed by atoms with Crippen LogP contribution in [0.25, 0.3) is 0 Å². The maximum absolute atomic E-state index is 12.3. The summed E-state index contributed by atoms with van der Waals surface area (Å²) in [6.45, 7) is 2.37. The number of esters is 1. The summed E-state index contributed by atoms with van der Waals surface area (Å²) < 4.78 is 17.2. The van der Waals surface area contributed by atoms with Gasteiger partial charge in [-0.3, -0.25) is 9.59 Å². The van der Waals surface area contributed by atoms with Gasteiger partial charge in [0.25, 0.3) is 0 Å². The molecule has 2 atom stereocenters. The van der Waals surface area contributed by atoms with Gasteiger partial charge in [0.15, 0.2) is 0 Å². The summed E-state index contributed by atoms with van der Waals surface area (Å²) in [6.07, 6.45) is 2.81. The quantitative estimate of drug-likeness (QED) is 0.388. The monoisotopic (exact) mass is 202 g/mol. The average Bonchev–Trinajstić information content (AvgIpc) is 2.01. The summed E-state index contributed by atoms with van der Waals surface area (Å²) >= 11 is 0. The molecule has 1 unspecified atom stereocenters. The van der Waals surface area contributed by atoms with Gasteiger partial charge in [-0.1, -0.05) is 13.3 Å². The molecule has 0 aromatic rings. The molecule has 14 heavy (non-hydrogen) atoms. The van der Waals surface area contributed by atoms with Crippen LogP contribution < -0.4 is 0 Å². The molecule has 0 bridgehead atoms. The first-order chi connectivity index (χ1) is 6.66. The lowest BCUT2D eigenvalue weighted by atomic mass is 9.74. The molecule has 1 rings (SSSR count). The largest absolute Gasteiger partial charge is 0.465 e. The molecule has 0 radical (unpaired) electrons. The zero-order chi connectivity index (χ0) is 10.6. The van der Waals surface area contributed by atoms with Gasteiger partial charge in [-0.15, -0.1) is 0 Å². The first-order valence-electron chi connectivity index (χ1n) is 5.02. The van der Waals surface area contributed by atoms with Gasteiger partial charge in [-0.2, -0.15) is 4.39 Å². The van der Waals surface area contributed by atoms with Crippen LogP contribution in [-0.2, 0) is 14.3 Å². The SMILES string of the molecule is CCCCOC(=O)[C@@H]1CCC1C(=O)F. The minimum atomic E-state index is -1.38. The van der Waals surface area contributed by atoms with Crippen LogP contribution in [0.4, 0.5) is 4.39 Å². The van der Waals surface area contributed by atoms with Gasteiger partial charge in [0.1, 0.15) is 0 Å². The maximum Gasteiger partial charge on any atom is 0.309 e. The van der Waals surface area contributed by atoms with E-state index in [-0.39, 0.29) is 0 Å². The molecule has 0 aromatic heterocycles. The summed E-state index contributed by atoms with van der Waals surface area (Å²) in [4.78, 5) is 21.7. The molecule has 1 aliphatic carbocycles. The first kappa shape index (κ1) is 11.1. The maximum atomic E-state index is 12.3. The fourth-order valence-corrected chi connectivity index (χ4v) is 1.48. The van der Waals surface area contributed by atoms with Crippen molar-refractivity contribution in [3.63, 3.8) is 0 Å². The molecule has 0 spiro atoms. The standard InChI is InChI=1S/C10H15FO3/c1-2-3-6-14-10(13)8-5-4-7(8)9(11)12/h7-8H,2-6H2,1H3/t7?,8-/m1/s1. The number of carbonyl (C=O) groups is 2. The first-order valence-corrected chi connectivity index (χ1v) is 5.02. The van der Waals surface area contributed by atoms with E-state index in [1.807, 2.05) is 6.92 Å². The Labute approximate surface area is 82.6 Å². The van der Waals surface area contributed by atoms with E-state index in [9.17, 15) is 14.0 Å². The van der Waals surface area contributed by atoms with Crippen molar-refractivity contribution >= 4 is 12.0 Å². The molecule has 0 aliphatic heterocycles. The molecule has 1 fully saturated rings. The molecule has 1 saturated carbocycles. The highest BCUT2D eigenvalue weighted by Crippen LogP contribution is 2.36. The third kappa shape index (κ3) is 2.53. The molecule has 0 saturated heterocycles. The van der Waals surface area contributed by atoms with Crippen LogP contribution in [0.5, 0.6) is 0 Å². The lowest BCUT2D eigenvalue weighted by molar-refractivity contribution is -0.161. The Kier molecular flexibility index (Phi) is 4.04. The van der Waals surface area contributed by atoms with Crippen molar-refractivity contribution < 1.29 is 18.7 Å². The second kappa shape index (κ2) is 5.08. The molecule has 4 heteroatoms. The minimum absolute atomic E-state index is 0.374. The van der Waals surface area contributed by atoms with Crippen molar-refractivity contribution in [1.29, 1.82) is 0 Å². The van der Waals surface area contributed by atoms with Crippen LogP contribution in [0.2, 0.25) is 0 Å². The molecule has 3 nitrogen and oxygen atoms in total. The van der Waals surface area contributed by atoms with E-state index in [1.165, 1.54) is 0 Å². The van der Waals surface area contributed by atoms with Crippen LogP contribution in [0, 0.1) is 11.8 Å². The smallest absolute Gasteiger partial charge is 0.309 e. The number of hydrogen-bond donors (Lipinski definition) is 0. The Morgan fingerprint density at radius 1 is 1.36 bits per heavy atom. The minimum Gasteiger partial charge on any atom is -0.465 e. The summed E-state index contributed by atoms with van der Waals surface area (Å²) in [5, 5.41) is 0. The van der Waals surface area contributed by atoms with Crippen molar-refractivity contribution in [1.82, 2.24) is 0 Å². The second-order valence-corrected chi connectivity index (χ2v) is 3.62. The Hall–Kier alpha value is -0.930. The highest BCUT2D eigenvalue weighted by atomic mass is 19.1. The molecule has 0 heterocycles. The normalized spacial score (nSPS) is 25.3. The molecular formula is C10H15FO3. The van der Waals surface area contributed by atoms with E-state index in [1.54, 1.807) is 0 Å². The number of halogens is 1. The lowest BCUT2D eigenvalue weighted by Crippen LogP contribution is -2.38. The highest BCUT2D eigenvalue weighted by molar-refractivity contribution is 5.83. The van der Waals surface area contributed by atoms with Crippen molar-refractivity contribution in [3.8, 4) is 0 Å². The van der Waals surface area contributed by atoms with Crippen molar-refractivity contribution in [2.24, 2.45) is 11.8 Å². The van der Waals surface area contributed by atoms with Gasteiger partial charge in [0.05, 0.1) is 18.4 Å². The van der Waals surface area contributed by atoms with Gasteiger partial charge in [0, 0.05) is 0 Å². The van der Waals surface area contributed by atoms with Gasteiger partial charge < -0.3 is 4.74 Å². The predicted octanol–water partition coefficient (Wildman–Crippen LogP) is 1.85. The predicted molar refractivity (Wildman–Crippen MR) is 48.2 cm³/mol. The molecule has 0 amide bonds. The lowest BCUT2D eigenvalue weighted by Gasteiger charge is -2.30. The van der Waals surface area contributed by atoms with E-state index in [4.69, 9.17) is 4.74 Å². The molecule has 1 aliphatic rings. The summed E-state index contributed by atoms with van der Waals surface area (Å²) in [6, 6.07) is -1.38. The molecule has 0 N–H and O–H groups in total. The second-order valence-electron chi connectivity index (χ2n) is 3.62. The fourth-order valence-electron chi connectivity index (χ4n) is 1.48. The van der Waals surface area contributed by atoms with Crippen LogP contribution in [0.15, 0.2) is 0 Å². The number of unbranched alkanes of at least 4 members (excludes halogenated alkanes) is 1. The van der Waals surface area contributed by atoms with E-state index in [0.717, 1.165) is 12.8 Å². The molecular weight excluding hydrogens is 187 g/mol. The molecule has 80 valence electrons. The van der Waals surface area contributed by atoms with E-state index in [2.05, 4.69) is 0 Å². The van der Waals surface area contributed by atoms with Crippen LogP contribution in [-0.4, -0.2) is 18.6 Å². The zero-order valence-electron chi connectivity index (χ0n) is 8.29. The van der Waals surface area contributed by atoms with Crippen molar-refractivity contribution in [2.45, 2.75) is 32.6 Å². The van der Waals surface area contributed by atoms with Gasteiger partial charge in [0.2, 0.25) is 0 Å². The number of carbonyl (C=O) groups excluding carboxylic acids is 2. The van der Waals surface area contributed by atoms with Gasteiger partial charge in [-0.25, -0.2) is 0 Å². The Bertz CT molecular complexity index is 227. The Morgan fingerprint density at radius 3 is 2.43 bits per heavy atom. The molecule has 0 aromatic carbocycles. The average molecular weight is 202 g/mol. The number of hydrogen-bond acceptors (Lipinski definition) is 3. The van der Waals surface area contributed by atoms with Gasteiger partial charge >= 0.3 is 12.0 Å². The third-order valence-electron chi connectivity index (χ3n) is 2.61. The van der Waals surface area contributed by atoms with Crippen LogP contribution in [0.3, 0.4) is 0 Å². The number of rotatable bonds is 5. The topological polar surface area (TPSA) is 43.4 Å². The Balaban J connectivity index is 2.27. The van der Waals surface area contributed by atoms with Crippen molar-refractivity contribution in [3.05, 3.63) is 0 Å². The number of ether oxygens (including phenoxy) is 1. The Morgan fingerprint density at radius 2 is 2.00 bits per heavy atom. The van der Waals surface area contributed by atoms with Gasteiger partial charge in [-0.05, 0) is 19.3 Å². The van der Waals surface area contributed by atoms with Crippen molar-refractivity contribution in [2.75, 3.05) is 6.61 Å². The zero-order valence-corrected chi connectivity index (χ0v) is 8.29. The van der Waals surface area contributed by atoms with E-state index in [0.29, 0.717) is 19.4 Å².